The Morgan fingerprint density at radius 3 is 2.27 bits per heavy atom. The molecule has 0 unspecified atom stereocenters. The van der Waals surface area contributed by atoms with E-state index in [1.165, 1.54) is 0 Å². The molecule has 0 atom stereocenters. The van der Waals surface area contributed by atoms with Gasteiger partial charge in [0.25, 0.3) is 5.91 Å². The van der Waals surface area contributed by atoms with Crippen molar-refractivity contribution in [2.75, 3.05) is 5.73 Å². The fraction of sp³-hybridized carbons (Fsp3) is 0.125. The summed E-state index contributed by atoms with van der Waals surface area (Å²) < 4.78 is 37.3. The number of halogens is 4. The SMILES string of the molecule is NC(=O)c1c(N)cc(Cl)cc1C(F)(F)F. The summed E-state index contributed by atoms with van der Waals surface area (Å²) in [5, 5.41) is -0.204. The van der Waals surface area contributed by atoms with Crippen LogP contribution in [0.25, 0.3) is 0 Å². The number of rotatable bonds is 1. The first-order valence-electron chi connectivity index (χ1n) is 3.69. The second-order valence-electron chi connectivity index (χ2n) is 2.78. The molecule has 0 fully saturated rings. The third-order valence-corrected chi connectivity index (χ3v) is 1.90. The van der Waals surface area contributed by atoms with Crippen LogP contribution in [0.1, 0.15) is 15.9 Å². The lowest BCUT2D eigenvalue weighted by Crippen LogP contribution is -2.20. The van der Waals surface area contributed by atoms with Crippen LogP contribution in [-0.4, -0.2) is 5.91 Å². The summed E-state index contributed by atoms with van der Waals surface area (Å²) in [6, 6.07) is 1.65. The molecule has 0 bridgehead atoms. The predicted molar refractivity (Wildman–Crippen MR) is 49.4 cm³/mol. The van der Waals surface area contributed by atoms with Gasteiger partial charge in [0.05, 0.1) is 11.1 Å². The average Bonchev–Trinajstić information content (AvgIpc) is 1.99. The highest BCUT2D eigenvalue weighted by Crippen LogP contribution is 2.36. The van der Waals surface area contributed by atoms with Gasteiger partial charge in [0.15, 0.2) is 0 Å². The zero-order valence-electron chi connectivity index (χ0n) is 7.23. The first-order valence-corrected chi connectivity index (χ1v) is 4.07. The van der Waals surface area contributed by atoms with Gasteiger partial charge >= 0.3 is 6.18 Å². The summed E-state index contributed by atoms with van der Waals surface area (Å²) in [6.07, 6.45) is -4.72. The summed E-state index contributed by atoms with van der Waals surface area (Å²) in [5.74, 6) is -1.24. The van der Waals surface area contributed by atoms with Gasteiger partial charge in [-0.05, 0) is 12.1 Å². The number of hydrogen-bond donors (Lipinski definition) is 2. The molecular formula is C8H6ClF3N2O. The molecule has 0 aromatic heterocycles. The topological polar surface area (TPSA) is 69.1 Å². The smallest absolute Gasteiger partial charge is 0.398 e. The molecule has 1 aromatic rings. The van der Waals surface area contributed by atoms with Crippen molar-refractivity contribution in [3.8, 4) is 0 Å². The van der Waals surface area contributed by atoms with Crippen molar-refractivity contribution in [2.24, 2.45) is 5.73 Å². The highest BCUT2D eigenvalue weighted by molar-refractivity contribution is 6.31. The number of benzene rings is 1. The molecule has 0 spiro atoms. The molecule has 15 heavy (non-hydrogen) atoms. The molecule has 0 aliphatic carbocycles. The van der Waals surface area contributed by atoms with Gasteiger partial charge in [-0.2, -0.15) is 13.2 Å². The fourth-order valence-electron chi connectivity index (χ4n) is 1.13. The highest BCUT2D eigenvalue weighted by atomic mass is 35.5. The molecule has 4 N–H and O–H groups in total. The van der Waals surface area contributed by atoms with E-state index in [2.05, 4.69) is 0 Å². The van der Waals surface area contributed by atoms with E-state index in [4.69, 9.17) is 23.1 Å². The molecular weight excluding hydrogens is 233 g/mol. The van der Waals surface area contributed by atoms with Crippen molar-refractivity contribution in [1.29, 1.82) is 0 Å². The highest BCUT2D eigenvalue weighted by Gasteiger charge is 2.36. The number of nitrogens with two attached hydrogens (primary N) is 2. The van der Waals surface area contributed by atoms with E-state index in [0.717, 1.165) is 6.07 Å². The molecule has 1 amide bonds. The molecule has 82 valence electrons. The molecule has 0 heterocycles. The number of carbonyl (C=O) groups excluding carboxylic acids is 1. The summed E-state index contributed by atoms with van der Waals surface area (Å²) in [6.45, 7) is 0. The maximum Gasteiger partial charge on any atom is 0.417 e. The van der Waals surface area contributed by atoms with Crippen molar-refractivity contribution in [3.05, 3.63) is 28.3 Å². The van der Waals surface area contributed by atoms with E-state index >= 15 is 0 Å². The summed E-state index contributed by atoms with van der Waals surface area (Å²) in [5.41, 5.74) is 7.67. The third-order valence-electron chi connectivity index (χ3n) is 1.69. The van der Waals surface area contributed by atoms with Crippen LogP contribution >= 0.6 is 11.6 Å². The number of anilines is 1. The van der Waals surface area contributed by atoms with Gasteiger partial charge in [0, 0.05) is 10.7 Å². The molecule has 0 saturated heterocycles. The lowest BCUT2D eigenvalue weighted by molar-refractivity contribution is -0.137. The molecule has 1 rings (SSSR count). The van der Waals surface area contributed by atoms with Crippen molar-refractivity contribution in [1.82, 2.24) is 0 Å². The van der Waals surface area contributed by atoms with Gasteiger partial charge in [-0.3, -0.25) is 4.79 Å². The van der Waals surface area contributed by atoms with Crippen molar-refractivity contribution >= 4 is 23.2 Å². The second-order valence-corrected chi connectivity index (χ2v) is 3.22. The largest absolute Gasteiger partial charge is 0.417 e. The van der Waals surface area contributed by atoms with Crippen LogP contribution in [0, 0.1) is 0 Å². The standard InChI is InChI=1S/C8H6ClF3N2O/c9-3-1-4(8(10,11)12)6(7(14)15)5(13)2-3/h1-2H,13H2,(H2,14,15). The molecule has 7 heteroatoms. The maximum atomic E-state index is 12.4. The van der Waals surface area contributed by atoms with Gasteiger partial charge in [-0.25, -0.2) is 0 Å². The number of nitrogen functional groups attached to an aromatic ring is 1. The summed E-state index contributed by atoms with van der Waals surface area (Å²) in [7, 11) is 0. The minimum Gasteiger partial charge on any atom is -0.398 e. The normalized spacial score (nSPS) is 11.5. The first-order chi connectivity index (χ1) is 6.73. The van der Waals surface area contributed by atoms with Gasteiger partial charge in [0.1, 0.15) is 0 Å². The first kappa shape index (κ1) is 11.6. The number of carbonyl (C=O) groups is 1. The second kappa shape index (κ2) is 3.62. The maximum absolute atomic E-state index is 12.4. The monoisotopic (exact) mass is 238 g/mol. The number of amides is 1. The molecule has 0 saturated carbocycles. The van der Waals surface area contributed by atoms with E-state index in [0.29, 0.717) is 6.07 Å². The quantitative estimate of drug-likeness (QED) is 0.735. The van der Waals surface area contributed by atoms with Crippen molar-refractivity contribution in [2.45, 2.75) is 6.18 Å². The van der Waals surface area contributed by atoms with Crippen LogP contribution < -0.4 is 11.5 Å². The van der Waals surface area contributed by atoms with E-state index in [9.17, 15) is 18.0 Å². The Morgan fingerprint density at radius 1 is 1.33 bits per heavy atom. The molecule has 1 aromatic carbocycles. The Balaban J connectivity index is 3.54. The van der Waals surface area contributed by atoms with Crippen LogP contribution in [0.2, 0.25) is 5.02 Å². The van der Waals surface area contributed by atoms with Crippen LogP contribution in [0.15, 0.2) is 12.1 Å². The lowest BCUT2D eigenvalue weighted by atomic mass is 10.0. The van der Waals surface area contributed by atoms with Gasteiger partial charge in [0.2, 0.25) is 0 Å². The van der Waals surface area contributed by atoms with Crippen LogP contribution in [0.5, 0.6) is 0 Å². The fourth-order valence-corrected chi connectivity index (χ4v) is 1.35. The number of alkyl halides is 3. The minimum atomic E-state index is -4.72. The van der Waals surface area contributed by atoms with E-state index in [1.807, 2.05) is 0 Å². The Hall–Kier alpha value is -1.43. The van der Waals surface area contributed by atoms with Gasteiger partial charge < -0.3 is 11.5 Å². The van der Waals surface area contributed by atoms with Crippen LogP contribution in [0.4, 0.5) is 18.9 Å². The van der Waals surface area contributed by atoms with E-state index < -0.39 is 23.2 Å². The Morgan fingerprint density at radius 2 is 1.87 bits per heavy atom. The average molecular weight is 239 g/mol. The number of primary amides is 1. The van der Waals surface area contributed by atoms with Crippen molar-refractivity contribution < 1.29 is 18.0 Å². The van der Waals surface area contributed by atoms with Crippen LogP contribution in [0.3, 0.4) is 0 Å². The predicted octanol–water partition coefficient (Wildman–Crippen LogP) is 2.04. The Bertz CT molecular complexity index is 417. The summed E-state index contributed by atoms with van der Waals surface area (Å²) >= 11 is 5.40. The number of hydrogen-bond acceptors (Lipinski definition) is 2. The van der Waals surface area contributed by atoms with Gasteiger partial charge in [-0.15, -0.1) is 0 Å². The van der Waals surface area contributed by atoms with Crippen LogP contribution in [-0.2, 0) is 6.18 Å². The zero-order valence-corrected chi connectivity index (χ0v) is 7.99. The molecule has 0 aliphatic rings. The van der Waals surface area contributed by atoms with E-state index in [-0.39, 0.29) is 10.7 Å². The third kappa shape index (κ3) is 2.33. The molecule has 0 radical (unpaired) electrons. The van der Waals surface area contributed by atoms with Crippen molar-refractivity contribution in [3.63, 3.8) is 0 Å². The summed E-state index contributed by atoms with van der Waals surface area (Å²) in [4.78, 5) is 10.8. The minimum absolute atomic E-state index is 0.204. The Labute approximate surface area is 87.8 Å². The molecule has 3 nitrogen and oxygen atoms in total. The molecule has 0 aliphatic heterocycles. The Kier molecular flexibility index (Phi) is 2.81. The van der Waals surface area contributed by atoms with Gasteiger partial charge in [-0.1, -0.05) is 11.6 Å². The zero-order chi connectivity index (χ0) is 11.8. The lowest BCUT2D eigenvalue weighted by Gasteiger charge is -2.13. The van der Waals surface area contributed by atoms with E-state index in [1.54, 1.807) is 0 Å².